The Balaban J connectivity index is 2.22. The summed E-state index contributed by atoms with van der Waals surface area (Å²) in [6.07, 6.45) is -0.468. The van der Waals surface area contributed by atoms with Gasteiger partial charge in [0.05, 0.1) is 39.1 Å². The zero-order chi connectivity index (χ0) is 14.8. The third-order valence-electron chi connectivity index (χ3n) is 3.27. The summed E-state index contributed by atoms with van der Waals surface area (Å²) in [5, 5.41) is 18.8. The highest BCUT2D eigenvalue weighted by atomic mass is 16.5. The maximum atomic E-state index is 10.2. The quantitative estimate of drug-likeness (QED) is 0.643. The van der Waals surface area contributed by atoms with Crippen LogP contribution in [0.1, 0.15) is 19.4 Å². The molecule has 1 aromatic rings. The van der Waals surface area contributed by atoms with Crippen LogP contribution in [0, 0.1) is 11.8 Å². The minimum absolute atomic E-state index is 0.0125. The molecule has 0 amide bonds. The SMILES string of the molecule is CC(COCc1ccccc1)C(O)[C@@H](C)COCCO. The van der Waals surface area contributed by atoms with Gasteiger partial charge in [-0.1, -0.05) is 44.2 Å². The molecule has 0 saturated heterocycles. The molecule has 4 heteroatoms. The lowest BCUT2D eigenvalue weighted by molar-refractivity contribution is -0.0262. The number of rotatable bonds is 10. The van der Waals surface area contributed by atoms with E-state index in [1.165, 1.54) is 0 Å². The molecule has 0 aliphatic rings. The molecule has 114 valence electrons. The number of aliphatic hydroxyl groups excluding tert-OH is 2. The largest absolute Gasteiger partial charge is 0.394 e. The standard InChI is InChI=1S/C16H26O4/c1-13(10-19-9-8-17)16(18)14(2)11-20-12-15-6-4-3-5-7-15/h3-7,13-14,16-18H,8-12H2,1-2H3/t13-,14?,16?/m0/s1. The van der Waals surface area contributed by atoms with E-state index in [0.29, 0.717) is 26.4 Å². The average molecular weight is 282 g/mol. The monoisotopic (exact) mass is 282 g/mol. The van der Waals surface area contributed by atoms with Crippen LogP contribution in [0.3, 0.4) is 0 Å². The Morgan fingerprint density at radius 2 is 1.60 bits per heavy atom. The molecule has 0 radical (unpaired) electrons. The minimum atomic E-state index is -0.468. The number of hydrogen-bond acceptors (Lipinski definition) is 4. The molecular formula is C16H26O4. The van der Waals surface area contributed by atoms with Gasteiger partial charge in [-0.15, -0.1) is 0 Å². The summed E-state index contributed by atoms with van der Waals surface area (Å²) in [5.41, 5.74) is 1.13. The lowest BCUT2D eigenvalue weighted by Gasteiger charge is -2.24. The molecule has 0 aliphatic heterocycles. The fourth-order valence-electron chi connectivity index (χ4n) is 2.03. The van der Waals surface area contributed by atoms with Gasteiger partial charge >= 0.3 is 0 Å². The number of aliphatic hydroxyl groups is 2. The van der Waals surface area contributed by atoms with Crippen molar-refractivity contribution in [3.63, 3.8) is 0 Å². The molecule has 0 aromatic heterocycles. The van der Waals surface area contributed by atoms with E-state index in [1.807, 2.05) is 44.2 Å². The van der Waals surface area contributed by atoms with E-state index in [9.17, 15) is 5.11 Å². The molecular weight excluding hydrogens is 256 g/mol. The second-order valence-electron chi connectivity index (χ2n) is 5.24. The van der Waals surface area contributed by atoms with E-state index in [-0.39, 0.29) is 18.4 Å². The van der Waals surface area contributed by atoms with Crippen molar-refractivity contribution in [3.8, 4) is 0 Å². The summed E-state index contributed by atoms with van der Waals surface area (Å²) < 4.78 is 10.9. The van der Waals surface area contributed by atoms with Crippen LogP contribution in [0.5, 0.6) is 0 Å². The van der Waals surface area contributed by atoms with Crippen molar-refractivity contribution in [3.05, 3.63) is 35.9 Å². The number of ether oxygens (including phenoxy) is 2. The number of benzene rings is 1. The normalized spacial score (nSPS) is 15.8. The predicted octanol–water partition coefficient (Wildman–Crippen LogP) is 1.85. The van der Waals surface area contributed by atoms with Gasteiger partial charge in [0.2, 0.25) is 0 Å². The Kier molecular flexibility index (Phi) is 8.46. The van der Waals surface area contributed by atoms with Gasteiger partial charge in [0.15, 0.2) is 0 Å². The zero-order valence-electron chi connectivity index (χ0n) is 12.4. The van der Waals surface area contributed by atoms with Crippen molar-refractivity contribution in [2.24, 2.45) is 11.8 Å². The first-order chi connectivity index (χ1) is 9.65. The first-order valence-corrected chi connectivity index (χ1v) is 7.13. The van der Waals surface area contributed by atoms with Crippen molar-refractivity contribution in [1.29, 1.82) is 0 Å². The second-order valence-corrected chi connectivity index (χ2v) is 5.24. The third kappa shape index (κ3) is 6.48. The van der Waals surface area contributed by atoms with E-state index in [0.717, 1.165) is 5.56 Å². The predicted molar refractivity (Wildman–Crippen MR) is 78.3 cm³/mol. The maximum absolute atomic E-state index is 10.2. The van der Waals surface area contributed by atoms with Crippen molar-refractivity contribution < 1.29 is 19.7 Å². The van der Waals surface area contributed by atoms with Gasteiger partial charge in [-0.3, -0.25) is 0 Å². The molecule has 0 saturated carbocycles. The molecule has 0 bridgehead atoms. The van der Waals surface area contributed by atoms with Crippen molar-refractivity contribution in [2.45, 2.75) is 26.6 Å². The van der Waals surface area contributed by atoms with Gasteiger partial charge in [0.1, 0.15) is 0 Å². The average Bonchev–Trinajstić information content (AvgIpc) is 2.47. The Bertz CT molecular complexity index is 342. The van der Waals surface area contributed by atoms with Gasteiger partial charge in [-0.25, -0.2) is 0 Å². The molecule has 2 N–H and O–H groups in total. The molecule has 0 heterocycles. The second kappa shape index (κ2) is 9.88. The van der Waals surface area contributed by atoms with Gasteiger partial charge in [-0.2, -0.15) is 0 Å². The highest BCUT2D eigenvalue weighted by Gasteiger charge is 2.21. The Morgan fingerprint density at radius 1 is 1.00 bits per heavy atom. The summed E-state index contributed by atoms with van der Waals surface area (Å²) in [6, 6.07) is 9.98. The Morgan fingerprint density at radius 3 is 2.20 bits per heavy atom. The lowest BCUT2D eigenvalue weighted by Crippen LogP contribution is -2.31. The first-order valence-electron chi connectivity index (χ1n) is 7.13. The highest BCUT2D eigenvalue weighted by molar-refractivity contribution is 5.13. The van der Waals surface area contributed by atoms with Crippen molar-refractivity contribution in [1.82, 2.24) is 0 Å². The van der Waals surface area contributed by atoms with Crippen LogP contribution in [0.4, 0.5) is 0 Å². The molecule has 0 fully saturated rings. The molecule has 0 spiro atoms. The van der Waals surface area contributed by atoms with Crippen LogP contribution >= 0.6 is 0 Å². The van der Waals surface area contributed by atoms with Crippen LogP contribution in [-0.4, -0.2) is 42.7 Å². The number of hydrogen-bond donors (Lipinski definition) is 2. The van der Waals surface area contributed by atoms with Crippen molar-refractivity contribution in [2.75, 3.05) is 26.4 Å². The van der Waals surface area contributed by atoms with Gasteiger partial charge in [-0.05, 0) is 5.56 Å². The summed E-state index contributed by atoms with van der Waals surface area (Å²) >= 11 is 0. The molecule has 20 heavy (non-hydrogen) atoms. The van der Waals surface area contributed by atoms with Crippen LogP contribution in [-0.2, 0) is 16.1 Å². The van der Waals surface area contributed by atoms with Crippen LogP contribution in [0.15, 0.2) is 30.3 Å². The fourth-order valence-corrected chi connectivity index (χ4v) is 2.03. The topological polar surface area (TPSA) is 58.9 Å². The summed E-state index contributed by atoms with van der Waals surface area (Å²) in [5.74, 6) is 0.0725. The smallest absolute Gasteiger partial charge is 0.0717 e. The first kappa shape index (κ1) is 17.1. The van der Waals surface area contributed by atoms with E-state index < -0.39 is 6.10 Å². The van der Waals surface area contributed by atoms with Gasteiger partial charge in [0.25, 0.3) is 0 Å². The van der Waals surface area contributed by atoms with E-state index in [1.54, 1.807) is 0 Å². The minimum Gasteiger partial charge on any atom is -0.394 e. The molecule has 1 rings (SSSR count). The third-order valence-corrected chi connectivity index (χ3v) is 3.27. The molecule has 0 aliphatic carbocycles. The summed E-state index contributed by atoms with van der Waals surface area (Å²) in [6.45, 7) is 5.76. The maximum Gasteiger partial charge on any atom is 0.0717 e. The van der Waals surface area contributed by atoms with Gasteiger partial charge in [0, 0.05) is 11.8 Å². The molecule has 2 unspecified atom stereocenters. The lowest BCUT2D eigenvalue weighted by atomic mass is 9.95. The Hall–Kier alpha value is -0.940. The van der Waals surface area contributed by atoms with Gasteiger partial charge < -0.3 is 19.7 Å². The van der Waals surface area contributed by atoms with E-state index in [2.05, 4.69) is 0 Å². The summed E-state index contributed by atoms with van der Waals surface area (Å²) in [7, 11) is 0. The molecule has 3 atom stereocenters. The summed E-state index contributed by atoms with van der Waals surface area (Å²) in [4.78, 5) is 0. The van der Waals surface area contributed by atoms with Crippen LogP contribution in [0.25, 0.3) is 0 Å². The Labute approximate surface area is 121 Å². The molecule has 4 nitrogen and oxygen atoms in total. The highest BCUT2D eigenvalue weighted by Crippen LogP contribution is 2.14. The fraction of sp³-hybridized carbons (Fsp3) is 0.625. The zero-order valence-corrected chi connectivity index (χ0v) is 12.4. The van der Waals surface area contributed by atoms with E-state index >= 15 is 0 Å². The van der Waals surface area contributed by atoms with Crippen LogP contribution in [0.2, 0.25) is 0 Å². The molecule has 1 aromatic carbocycles. The van der Waals surface area contributed by atoms with Crippen molar-refractivity contribution >= 4 is 0 Å². The van der Waals surface area contributed by atoms with E-state index in [4.69, 9.17) is 14.6 Å². The van der Waals surface area contributed by atoms with Crippen LogP contribution < -0.4 is 0 Å².